The Balaban J connectivity index is 1.37. The number of nitrogens with one attached hydrogen (secondary N) is 2. The van der Waals surface area contributed by atoms with E-state index in [0.29, 0.717) is 25.5 Å². The van der Waals surface area contributed by atoms with E-state index in [9.17, 15) is 4.79 Å². The van der Waals surface area contributed by atoms with Crippen LogP contribution in [-0.2, 0) is 6.42 Å². The number of hydrogen-bond acceptors (Lipinski definition) is 6. The Morgan fingerprint density at radius 2 is 1.66 bits per heavy atom. The third-order valence-electron chi connectivity index (χ3n) is 4.18. The number of methoxy groups -OCH3 is 1. The van der Waals surface area contributed by atoms with E-state index in [1.54, 1.807) is 19.2 Å². The smallest absolute Gasteiger partial charge is 0.271 e. The first-order valence-electron chi connectivity index (χ1n) is 9.41. The molecule has 7 heteroatoms. The Kier molecular flexibility index (Phi) is 7.40. The number of nitrogens with zero attached hydrogens (tertiary/aromatic N) is 2. The lowest BCUT2D eigenvalue weighted by atomic mass is 10.1. The van der Waals surface area contributed by atoms with E-state index in [1.807, 2.05) is 54.6 Å². The zero-order valence-electron chi connectivity index (χ0n) is 16.3. The first kappa shape index (κ1) is 20.1. The molecule has 0 fully saturated rings. The molecule has 0 spiro atoms. The lowest BCUT2D eigenvalue weighted by Crippen LogP contribution is -2.26. The average Bonchev–Trinajstić information content (AvgIpc) is 2.78. The van der Waals surface area contributed by atoms with Crippen LogP contribution in [0.4, 0.5) is 5.82 Å². The summed E-state index contributed by atoms with van der Waals surface area (Å²) >= 11 is 0. The average molecular weight is 392 g/mol. The minimum Gasteiger partial charge on any atom is -0.497 e. The number of hydrogen-bond donors (Lipinski definition) is 2. The lowest BCUT2D eigenvalue weighted by Gasteiger charge is -2.09. The number of carbonyl (C=O) groups excluding carboxylic acids is 1. The molecule has 0 saturated carbocycles. The summed E-state index contributed by atoms with van der Waals surface area (Å²) in [6.07, 6.45) is 0.772. The number of benzene rings is 2. The second-order valence-corrected chi connectivity index (χ2v) is 6.25. The quantitative estimate of drug-likeness (QED) is 0.516. The zero-order chi connectivity index (χ0) is 20.3. The highest BCUT2D eigenvalue weighted by Gasteiger charge is 2.07. The van der Waals surface area contributed by atoms with Gasteiger partial charge in [0.2, 0.25) is 0 Å². The summed E-state index contributed by atoms with van der Waals surface area (Å²) in [7, 11) is 1.63. The van der Waals surface area contributed by atoms with Gasteiger partial charge in [-0.15, -0.1) is 10.2 Å². The second-order valence-electron chi connectivity index (χ2n) is 6.25. The summed E-state index contributed by atoms with van der Waals surface area (Å²) in [5, 5.41) is 14.0. The molecule has 3 rings (SSSR count). The molecule has 2 N–H and O–H groups in total. The molecule has 0 atom stereocenters. The van der Waals surface area contributed by atoms with Gasteiger partial charge in [0.15, 0.2) is 5.69 Å². The van der Waals surface area contributed by atoms with E-state index in [4.69, 9.17) is 9.47 Å². The number of anilines is 1. The molecule has 1 aromatic heterocycles. The maximum Gasteiger partial charge on any atom is 0.271 e. The van der Waals surface area contributed by atoms with Crippen molar-refractivity contribution >= 4 is 11.7 Å². The van der Waals surface area contributed by atoms with Crippen LogP contribution < -0.4 is 20.1 Å². The molecule has 0 aliphatic carbocycles. The number of ether oxygens (including phenoxy) is 2. The Labute approximate surface area is 170 Å². The molecule has 0 bridgehead atoms. The van der Waals surface area contributed by atoms with Gasteiger partial charge in [0.1, 0.15) is 23.9 Å². The van der Waals surface area contributed by atoms with E-state index in [1.165, 1.54) is 5.56 Å². The number of rotatable bonds is 10. The summed E-state index contributed by atoms with van der Waals surface area (Å²) in [5.41, 5.74) is 1.47. The Morgan fingerprint density at radius 1 is 0.897 bits per heavy atom. The first-order chi connectivity index (χ1) is 14.2. The summed E-state index contributed by atoms with van der Waals surface area (Å²) < 4.78 is 10.7. The van der Waals surface area contributed by atoms with E-state index < -0.39 is 0 Å². The first-order valence-corrected chi connectivity index (χ1v) is 9.41. The highest BCUT2D eigenvalue weighted by molar-refractivity contribution is 5.92. The fourth-order valence-corrected chi connectivity index (χ4v) is 2.62. The third-order valence-corrected chi connectivity index (χ3v) is 4.18. The molecule has 0 aliphatic heterocycles. The van der Waals surface area contributed by atoms with Crippen molar-refractivity contribution < 1.29 is 14.3 Å². The number of amides is 1. The standard InChI is InChI=1S/C22H24N4O3/c1-28-18-7-9-19(10-8-18)29-16-15-23-21-12-11-20(25-26-21)22(27)24-14-13-17-5-3-2-4-6-17/h2-12H,13-16H2,1H3,(H,23,26)(H,24,27). The monoisotopic (exact) mass is 392 g/mol. The van der Waals surface area contributed by atoms with Gasteiger partial charge in [-0.3, -0.25) is 4.79 Å². The van der Waals surface area contributed by atoms with Gasteiger partial charge in [-0.2, -0.15) is 0 Å². The predicted molar refractivity (Wildman–Crippen MR) is 111 cm³/mol. The van der Waals surface area contributed by atoms with Crippen molar-refractivity contribution in [2.45, 2.75) is 6.42 Å². The van der Waals surface area contributed by atoms with E-state index >= 15 is 0 Å². The fourth-order valence-electron chi connectivity index (χ4n) is 2.62. The zero-order valence-corrected chi connectivity index (χ0v) is 16.3. The van der Waals surface area contributed by atoms with Gasteiger partial charge in [-0.1, -0.05) is 30.3 Å². The minimum absolute atomic E-state index is 0.233. The topological polar surface area (TPSA) is 85.4 Å². The molecular weight excluding hydrogens is 368 g/mol. The minimum atomic E-state index is -0.233. The summed E-state index contributed by atoms with van der Waals surface area (Å²) in [6.45, 7) is 1.58. The fraction of sp³-hybridized carbons (Fsp3) is 0.227. The normalized spacial score (nSPS) is 10.2. The molecule has 0 radical (unpaired) electrons. The lowest BCUT2D eigenvalue weighted by molar-refractivity contribution is 0.0948. The van der Waals surface area contributed by atoms with E-state index in [-0.39, 0.29) is 11.6 Å². The van der Waals surface area contributed by atoms with Crippen LogP contribution in [-0.4, -0.2) is 42.9 Å². The van der Waals surface area contributed by atoms with Crippen molar-refractivity contribution in [3.05, 3.63) is 78.0 Å². The highest BCUT2D eigenvalue weighted by atomic mass is 16.5. The number of aromatic nitrogens is 2. The number of carbonyl (C=O) groups is 1. The summed E-state index contributed by atoms with van der Waals surface area (Å²) in [5.74, 6) is 1.91. The van der Waals surface area contributed by atoms with Crippen LogP contribution in [0.15, 0.2) is 66.7 Å². The van der Waals surface area contributed by atoms with E-state index in [2.05, 4.69) is 20.8 Å². The van der Waals surface area contributed by atoms with Crippen molar-refractivity contribution in [1.82, 2.24) is 15.5 Å². The second kappa shape index (κ2) is 10.7. The molecular formula is C22H24N4O3. The molecule has 0 unspecified atom stereocenters. The van der Waals surface area contributed by atoms with Gasteiger partial charge in [-0.25, -0.2) is 0 Å². The molecule has 0 aliphatic rings. The highest BCUT2D eigenvalue weighted by Crippen LogP contribution is 2.16. The van der Waals surface area contributed by atoms with Crippen molar-refractivity contribution in [2.75, 3.05) is 32.1 Å². The Hall–Kier alpha value is -3.61. The van der Waals surface area contributed by atoms with Gasteiger partial charge >= 0.3 is 0 Å². The van der Waals surface area contributed by atoms with Crippen molar-refractivity contribution in [2.24, 2.45) is 0 Å². The van der Waals surface area contributed by atoms with Crippen molar-refractivity contribution in [3.63, 3.8) is 0 Å². The van der Waals surface area contributed by atoms with Gasteiger partial charge in [0.05, 0.1) is 13.7 Å². The predicted octanol–water partition coefficient (Wildman–Crippen LogP) is 2.95. The van der Waals surface area contributed by atoms with Gasteiger partial charge in [-0.05, 0) is 48.4 Å². The van der Waals surface area contributed by atoms with Gasteiger partial charge in [0, 0.05) is 6.54 Å². The van der Waals surface area contributed by atoms with Crippen LogP contribution in [0.1, 0.15) is 16.1 Å². The summed E-state index contributed by atoms with van der Waals surface area (Å²) in [6, 6.07) is 20.8. The maximum absolute atomic E-state index is 12.1. The van der Waals surface area contributed by atoms with Crippen LogP contribution >= 0.6 is 0 Å². The molecule has 7 nitrogen and oxygen atoms in total. The molecule has 1 amide bonds. The van der Waals surface area contributed by atoms with Crippen LogP contribution in [0.3, 0.4) is 0 Å². The molecule has 1 heterocycles. The van der Waals surface area contributed by atoms with Crippen LogP contribution in [0, 0.1) is 0 Å². The van der Waals surface area contributed by atoms with Crippen LogP contribution in [0.5, 0.6) is 11.5 Å². The van der Waals surface area contributed by atoms with Crippen molar-refractivity contribution in [3.8, 4) is 11.5 Å². The Bertz CT molecular complexity index is 884. The van der Waals surface area contributed by atoms with Crippen LogP contribution in [0.2, 0.25) is 0 Å². The molecule has 3 aromatic rings. The SMILES string of the molecule is COc1ccc(OCCNc2ccc(C(=O)NCCc3ccccc3)nn2)cc1. The molecule has 0 saturated heterocycles. The largest absolute Gasteiger partial charge is 0.497 e. The van der Waals surface area contributed by atoms with Gasteiger partial charge in [0.25, 0.3) is 5.91 Å². The molecule has 2 aromatic carbocycles. The van der Waals surface area contributed by atoms with Crippen molar-refractivity contribution in [1.29, 1.82) is 0 Å². The van der Waals surface area contributed by atoms with E-state index in [0.717, 1.165) is 17.9 Å². The van der Waals surface area contributed by atoms with Crippen LogP contribution in [0.25, 0.3) is 0 Å². The molecule has 150 valence electrons. The third kappa shape index (κ3) is 6.49. The summed E-state index contributed by atoms with van der Waals surface area (Å²) in [4.78, 5) is 12.1. The van der Waals surface area contributed by atoms with Gasteiger partial charge < -0.3 is 20.1 Å². The molecule has 29 heavy (non-hydrogen) atoms. The Morgan fingerprint density at radius 3 is 2.34 bits per heavy atom. The maximum atomic E-state index is 12.1.